The third-order valence-corrected chi connectivity index (χ3v) is 4.13. The highest BCUT2D eigenvalue weighted by atomic mass is 79.9. The zero-order chi connectivity index (χ0) is 10.5. The SMILES string of the molecule is Brc1ccc(CCNCc2csnn2)s1. The third kappa shape index (κ3) is 3.64. The summed E-state index contributed by atoms with van der Waals surface area (Å²) >= 11 is 6.63. The molecular weight excluding hydrogens is 294 g/mol. The molecule has 6 heteroatoms. The lowest BCUT2D eigenvalue weighted by atomic mass is 10.3. The molecule has 0 atom stereocenters. The Labute approximate surface area is 105 Å². The van der Waals surface area contributed by atoms with Crippen LogP contribution in [-0.2, 0) is 13.0 Å². The lowest BCUT2D eigenvalue weighted by Crippen LogP contribution is -2.16. The third-order valence-electron chi connectivity index (χ3n) is 1.89. The summed E-state index contributed by atoms with van der Waals surface area (Å²) < 4.78 is 5.01. The quantitative estimate of drug-likeness (QED) is 0.863. The van der Waals surface area contributed by atoms with E-state index in [1.54, 1.807) is 11.3 Å². The molecular formula is C9H10BrN3S2. The fraction of sp³-hybridized carbons (Fsp3) is 0.333. The molecule has 0 saturated carbocycles. The van der Waals surface area contributed by atoms with E-state index < -0.39 is 0 Å². The molecule has 2 rings (SSSR count). The van der Waals surface area contributed by atoms with Crippen molar-refractivity contribution in [1.29, 1.82) is 0 Å². The molecule has 2 heterocycles. The Bertz CT molecular complexity index is 399. The predicted octanol–water partition coefficient (Wildman–Crippen LogP) is 2.69. The number of nitrogens with zero attached hydrogens (tertiary/aromatic N) is 2. The molecule has 0 saturated heterocycles. The van der Waals surface area contributed by atoms with Crippen LogP contribution in [0.25, 0.3) is 0 Å². The van der Waals surface area contributed by atoms with Crippen LogP contribution in [0.15, 0.2) is 21.3 Å². The van der Waals surface area contributed by atoms with Gasteiger partial charge < -0.3 is 5.32 Å². The number of rotatable bonds is 5. The highest BCUT2D eigenvalue weighted by molar-refractivity contribution is 9.11. The molecule has 0 radical (unpaired) electrons. The van der Waals surface area contributed by atoms with Gasteiger partial charge in [-0.05, 0) is 46.0 Å². The highest BCUT2D eigenvalue weighted by Gasteiger charge is 1.98. The molecule has 3 nitrogen and oxygen atoms in total. The van der Waals surface area contributed by atoms with E-state index in [1.165, 1.54) is 20.2 Å². The van der Waals surface area contributed by atoms with Crippen LogP contribution in [0, 0.1) is 0 Å². The van der Waals surface area contributed by atoms with Gasteiger partial charge in [-0.1, -0.05) is 4.49 Å². The second kappa shape index (κ2) is 5.69. The Kier molecular flexibility index (Phi) is 4.25. The Balaban J connectivity index is 1.67. The normalized spacial score (nSPS) is 10.7. The largest absolute Gasteiger partial charge is 0.311 e. The lowest BCUT2D eigenvalue weighted by Gasteiger charge is -1.99. The van der Waals surface area contributed by atoms with Crippen molar-refractivity contribution < 1.29 is 0 Å². The molecule has 0 aromatic carbocycles. The van der Waals surface area contributed by atoms with Gasteiger partial charge in [0, 0.05) is 23.3 Å². The van der Waals surface area contributed by atoms with Crippen molar-refractivity contribution in [2.45, 2.75) is 13.0 Å². The van der Waals surface area contributed by atoms with Crippen LogP contribution in [-0.4, -0.2) is 16.1 Å². The number of thiophene rings is 1. The van der Waals surface area contributed by atoms with Gasteiger partial charge in [0.1, 0.15) is 0 Å². The Morgan fingerprint density at radius 1 is 1.40 bits per heavy atom. The van der Waals surface area contributed by atoms with E-state index in [2.05, 4.69) is 43.0 Å². The summed E-state index contributed by atoms with van der Waals surface area (Å²) in [6, 6.07) is 4.24. The summed E-state index contributed by atoms with van der Waals surface area (Å²) in [5.74, 6) is 0. The van der Waals surface area contributed by atoms with Crippen molar-refractivity contribution >= 4 is 38.8 Å². The van der Waals surface area contributed by atoms with Crippen molar-refractivity contribution in [3.05, 3.63) is 31.9 Å². The molecule has 2 aromatic heterocycles. The number of halogens is 1. The summed E-state index contributed by atoms with van der Waals surface area (Å²) in [5.41, 5.74) is 1.02. The van der Waals surface area contributed by atoms with Gasteiger partial charge in [0.05, 0.1) is 9.48 Å². The topological polar surface area (TPSA) is 37.8 Å². The van der Waals surface area contributed by atoms with Crippen molar-refractivity contribution in [2.24, 2.45) is 0 Å². The molecule has 0 fully saturated rings. The van der Waals surface area contributed by atoms with Crippen molar-refractivity contribution in [3.8, 4) is 0 Å². The van der Waals surface area contributed by atoms with Gasteiger partial charge in [0.25, 0.3) is 0 Å². The van der Waals surface area contributed by atoms with Gasteiger partial charge in [0.2, 0.25) is 0 Å². The lowest BCUT2D eigenvalue weighted by molar-refractivity contribution is 0.676. The minimum absolute atomic E-state index is 0.809. The first-order chi connectivity index (χ1) is 7.34. The average molecular weight is 304 g/mol. The summed E-state index contributed by atoms with van der Waals surface area (Å²) in [6.45, 7) is 1.79. The average Bonchev–Trinajstić information content (AvgIpc) is 2.84. The molecule has 2 aromatic rings. The maximum Gasteiger partial charge on any atom is 0.0893 e. The van der Waals surface area contributed by atoms with Crippen LogP contribution in [0.5, 0.6) is 0 Å². The second-order valence-electron chi connectivity index (χ2n) is 3.03. The maximum atomic E-state index is 3.97. The van der Waals surface area contributed by atoms with Crippen LogP contribution in [0.1, 0.15) is 10.6 Å². The van der Waals surface area contributed by atoms with Gasteiger partial charge in [-0.25, -0.2) is 0 Å². The first kappa shape index (κ1) is 11.2. The van der Waals surface area contributed by atoms with Crippen LogP contribution in [0.3, 0.4) is 0 Å². The van der Waals surface area contributed by atoms with E-state index in [0.29, 0.717) is 0 Å². The van der Waals surface area contributed by atoms with Crippen LogP contribution in [0.4, 0.5) is 0 Å². The fourth-order valence-electron chi connectivity index (χ4n) is 1.18. The molecule has 80 valence electrons. The zero-order valence-electron chi connectivity index (χ0n) is 7.94. The first-order valence-electron chi connectivity index (χ1n) is 4.55. The summed E-state index contributed by atoms with van der Waals surface area (Å²) in [6.07, 6.45) is 1.06. The van der Waals surface area contributed by atoms with Gasteiger partial charge in [-0.15, -0.1) is 16.4 Å². The van der Waals surface area contributed by atoms with Crippen LogP contribution in [0.2, 0.25) is 0 Å². The fourth-order valence-corrected chi connectivity index (χ4v) is 3.11. The van der Waals surface area contributed by atoms with E-state index in [-0.39, 0.29) is 0 Å². The van der Waals surface area contributed by atoms with Gasteiger partial charge in [-0.2, -0.15) is 0 Å². The van der Waals surface area contributed by atoms with E-state index in [1.807, 2.05) is 5.38 Å². The van der Waals surface area contributed by atoms with E-state index in [0.717, 1.165) is 25.2 Å². The molecule has 0 aliphatic rings. The Morgan fingerprint density at radius 3 is 3.00 bits per heavy atom. The molecule has 0 spiro atoms. The van der Waals surface area contributed by atoms with Crippen LogP contribution < -0.4 is 5.32 Å². The molecule has 0 bridgehead atoms. The second-order valence-corrected chi connectivity index (χ2v) is 6.19. The predicted molar refractivity (Wildman–Crippen MR) is 67.3 cm³/mol. The molecule has 1 N–H and O–H groups in total. The first-order valence-corrected chi connectivity index (χ1v) is 7.00. The van der Waals surface area contributed by atoms with Gasteiger partial charge in [-0.3, -0.25) is 0 Å². The molecule has 0 aliphatic carbocycles. The molecule has 0 aliphatic heterocycles. The molecule has 0 amide bonds. The Hall–Kier alpha value is -0.300. The highest BCUT2D eigenvalue weighted by Crippen LogP contribution is 2.21. The summed E-state index contributed by atoms with van der Waals surface area (Å²) in [5, 5.41) is 9.27. The van der Waals surface area contributed by atoms with E-state index in [9.17, 15) is 0 Å². The van der Waals surface area contributed by atoms with E-state index >= 15 is 0 Å². The standard InChI is InChI=1S/C9H10BrN3S2/c10-9-2-1-8(15-9)3-4-11-5-7-6-14-13-12-7/h1-2,6,11H,3-5H2. The minimum atomic E-state index is 0.809. The maximum absolute atomic E-state index is 3.97. The molecule has 15 heavy (non-hydrogen) atoms. The van der Waals surface area contributed by atoms with Gasteiger partial charge in [0.15, 0.2) is 0 Å². The van der Waals surface area contributed by atoms with Gasteiger partial charge >= 0.3 is 0 Å². The van der Waals surface area contributed by atoms with E-state index in [4.69, 9.17) is 0 Å². The van der Waals surface area contributed by atoms with Crippen molar-refractivity contribution in [1.82, 2.24) is 14.9 Å². The van der Waals surface area contributed by atoms with Crippen molar-refractivity contribution in [3.63, 3.8) is 0 Å². The Morgan fingerprint density at radius 2 is 2.33 bits per heavy atom. The molecule has 0 unspecified atom stereocenters. The number of hydrogen-bond donors (Lipinski definition) is 1. The zero-order valence-corrected chi connectivity index (χ0v) is 11.2. The number of nitrogens with one attached hydrogen (secondary N) is 1. The smallest absolute Gasteiger partial charge is 0.0893 e. The summed E-state index contributed by atoms with van der Waals surface area (Å²) in [7, 11) is 0. The van der Waals surface area contributed by atoms with Crippen molar-refractivity contribution in [2.75, 3.05) is 6.54 Å². The van der Waals surface area contributed by atoms with Crippen LogP contribution >= 0.6 is 38.8 Å². The number of hydrogen-bond acceptors (Lipinski definition) is 5. The summed E-state index contributed by atoms with van der Waals surface area (Å²) in [4.78, 5) is 1.39. The number of aromatic nitrogens is 2. The minimum Gasteiger partial charge on any atom is -0.311 e. The monoisotopic (exact) mass is 303 g/mol.